The van der Waals surface area contributed by atoms with Crippen molar-refractivity contribution in [2.24, 2.45) is 0 Å². The molecule has 0 fully saturated rings. The zero-order valence-corrected chi connectivity index (χ0v) is 20.6. The fraction of sp³-hybridized carbons (Fsp3) is 0.333. The monoisotopic (exact) mass is 589 g/mol. The maximum Gasteiger partial charge on any atom is 0.369 e. The SMILES string of the molecule is CC(C)(C)[S@@](=O)N[C@@H]1c2c(ccc(Oc3cc(F)cc(Br)c3)c2Br)S(=O)(=O)C1(F)F. The molecule has 2 aromatic rings. The molecule has 164 valence electrons. The van der Waals surface area contributed by atoms with Gasteiger partial charge in [0.15, 0.2) is 0 Å². The molecular formula is C18H16Br2F3NO4S2. The Bertz CT molecular complexity index is 1130. The molecule has 0 aliphatic carbocycles. The molecule has 1 N–H and O–H groups in total. The highest BCUT2D eigenvalue weighted by atomic mass is 79.9. The van der Waals surface area contributed by atoms with Crippen molar-refractivity contribution >= 4 is 52.7 Å². The van der Waals surface area contributed by atoms with Crippen LogP contribution in [0.25, 0.3) is 0 Å². The molecule has 2 aromatic carbocycles. The lowest BCUT2D eigenvalue weighted by Crippen LogP contribution is -2.43. The molecule has 1 heterocycles. The van der Waals surface area contributed by atoms with Crippen molar-refractivity contribution < 1.29 is 30.5 Å². The first-order chi connectivity index (χ1) is 13.7. The Kier molecular flexibility index (Phi) is 6.22. The van der Waals surface area contributed by atoms with Crippen LogP contribution in [0.5, 0.6) is 11.5 Å². The van der Waals surface area contributed by atoms with Crippen molar-refractivity contribution in [2.75, 3.05) is 0 Å². The number of sulfone groups is 1. The van der Waals surface area contributed by atoms with Crippen LogP contribution in [0, 0.1) is 5.82 Å². The number of fused-ring (bicyclic) bond motifs is 1. The van der Waals surface area contributed by atoms with E-state index in [-0.39, 0.29) is 21.5 Å². The normalized spacial score (nSPS) is 20.6. The zero-order chi connectivity index (χ0) is 22.6. The predicted molar refractivity (Wildman–Crippen MR) is 114 cm³/mol. The lowest BCUT2D eigenvalue weighted by Gasteiger charge is -2.25. The quantitative estimate of drug-likeness (QED) is 0.502. The van der Waals surface area contributed by atoms with Gasteiger partial charge < -0.3 is 4.74 Å². The molecule has 30 heavy (non-hydrogen) atoms. The summed E-state index contributed by atoms with van der Waals surface area (Å²) in [5, 5.41) is -4.24. The number of hydrogen-bond donors (Lipinski definition) is 1. The Balaban J connectivity index is 2.12. The summed E-state index contributed by atoms with van der Waals surface area (Å²) in [5.41, 5.74) is -0.300. The molecule has 0 saturated carbocycles. The number of rotatable bonds is 4. The maximum absolute atomic E-state index is 14.9. The highest BCUT2D eigenvalue weighted by Gasteiger charge is 2.62. The lowest BCUT2D eigenvalue weighted by molar-refractivity contribution is 0.0621. The van der Waals surface area contributed by atoms with Crippen molar-refractivity contribution in [3.63, 3.8) is 0 Å². The smallest absolute Gasteiger partial charge is 0.369 e. The minimum absolute atomic E-state index is 0.00695. The highest BCUT2D eigenvalue weighted by Crippen LogP contribution is 2.54. The number of nitrogens with one attached hydrogen (secondary N) is 1. The van der Waals surface area contributed by atoms with Gasteiger partial charge in [0.05, 0.1) is 25.1 Å². The van der Waals surface area contributed by atoms with Gasteiger partial charge in [-0.2, -0.15) is 8.78 Å². The minimum atomic E-state index is -5.03. The predicted octanol–water partition coefficient (Wildman–Crippen LogP) is 5.62. The van der Waals surface area contributed by atoms with Gasteiger partial charge in [-0.15, -0.1) is 0 Å². The van der Waals surface area contributed by atoms with E-state index in [2.05, 4.69) is 36.6 Å². The molecule has 5 nitrogen and oxygen atoms in total. The summed E-state index contributed by atoms with van der Waals surface area (Å²) < 4.78 is 88.0. The summed E-state index contributed by atoms with van der Waals surface area (Å²) >= 11 is 6.27. The lowest BCUT2D eigenvalue weighted by atomic mass is 10.1. The van der Waals surface area contributed by atoms with E-state index in [0.717, 1.165) is 12.1 Å². The summed E-state index contributed by atoms with van der Waals surface area (Å²) in [5.74, 6) is -0.531. The van der Waals surface area contributed by atoms with Gasteiger partial charge in [-0.25, -0.2) is 21.7 Å². The average Bonchev–Trinajstić information content (AvgIpc) is 2.73. The number of halogens is 5. The van der Waals surface area contributed by atoms with E-state index in [1.807, 2.05) is 0 Å². The fourth-order valence-electron chi connectivity index (χ4n) is 2.73. The van der Waals surface area contributed by atoms with E-state index < -0.39 is 47.6 Å². The number of alkyl halides is 2. The molecule has 0 amide bonds. The van der Waals surface area contributed by atoms with Crippen LogP contribution in [-0.2, 0) is 20.8 Å². The third-order valence-electron chi connectivity index (χ3n) is 4.22. The molecule has 0 spiro atoms. The molecule has 1 aliphatic rings. The molecule has 0 aromatic heterocycles. The second kappa shape index (κ2) is 7.88. The third-order valence-corrected chi connectivity index (χ3v) is 8.95. The Morgan fingerprint density at radius 3 is 2.37 bits per heavy atom. The maximum atomic E-state index is 14.9. The second-order valence-electron chi connectivity index (χ2n) is 7.49. The van der Waals surface area contributed by atoms with Crippen molar-refractivity contribution in [1.29, 1.82) is 0 Å². The Morgan fingerprint density at radius 2 is 1.80 bits per heavy atom. The van der Waals surface area contributed by atoms with Crippen molar-refractivity contribution in [3.05, 3.63) is 50.7 Å². The van der Waals surface area contributed by atoms with E-state index in [9.17, 15) is 25.8 Å². The summed E-state index contributed by atoms with van der Waals surface area (Å²) in [7, 11) is -7.02. The number of ether oxygens (including phenoxy) is 1. The summed E-state index contributed by atoms with van der Waals surface area (Å²) in [4.78, 5) is -0.601. The van der Waals surface area contributed by atoms with E-state index >= 15 is 0 Å². The third kappa shape index (κ3) is 4.08. The van der Waals surface area contributed by atoms with Gasteiger partial charge in [0.1, 0.15) is 23.4 Å². The van der Waals surface area contributed by atoms with Crippen LogP contribution in [0.3, 0.4) is 0 Å². The molecule has 0 unspecified atom stereocenters. The molecule has 2 atom stereocenters. The van der Waals surface area contributed by atoms with Gasteiger partial charge in [0.25, 0.3) is 0 Å². The molecule has 12 heteroatoms. The first kappa shape index (κ1) is 23.7. The Morgan fingerprint density at radius 1 is 1.17 bits per heavy atom. The van der Waals surface area contributed by atoms with Gasteiger partial charge in [-0.05, 0) is 61.0 Å². The van der Waals surface area contributed by atoms with Gasteiger partial charge in [0.2, 0.25) is 9.84 Å². The Hall–Kier alpha value is -0.950. The Labute approximate surface area is 191 Å². The van der Waals surface area contributed by atoms with Gasteiger partial charge in [-0.1, -0.05) is 15.9 Å². The molecule has 0 bridgehead atoms. The summed E-state index contributed by atoms with van der Waals surface area (Å²) in [6.45, 7) is 4.69. The number of benzene rings is 2. The topological polar surface area (TPSA) is 72.5 Å². The molecule has 1 aliphatic heterocycles. The van der Waals surface area contributed by atoms with Crippen LogP contribution in [-0.4, -0.2) is 22.6 Å². The molecule has 0 saturated heterocycles. The average molecular weight is 591 g/mol. The largest absolute Gasteiger partial charge is 0.456 e. The second-order valence-corrected chi connectivity index (χ2v) is 13.2. The van der Waals surface area contributed by atoms with E-state index in [1.165, 1.54) is 18.2 Å². The summed E-state index contributed by atoms with van der Waals surface area (Å²) in [6.07, 6.45) is 0. The molecule has 3 rings (SSSR count). The van der Waals surface area contributed by atoms with Crippen LogP contribution >= 0.6 is 31.9 Å². The van der Waals surface area contributed by atoms with Crippen molar-refractivity contribution in [1.82, 2.24) is 4.72 Å². The van der Waals surface area contributed by atoms with Crippen LogP contribution in [0.2, 0.25) is 0 Å². The fourth-order valence-corrected chi connectivity index (χ4v) is 6.41. The van der Waals surface area contributed by atoms with Gasteiger partial charge in [0, 0.05) is 16.1 Å². The first-order valence-corrected chi connectivity index (χ1v) is 12.6. The van der Waals surface area contributed by atoms with Crippen molar-refractivity contribution in [3.8, 4) is 11.5 Å². The van der Waals surface area contributed by atoms with E-state index in [0.29, 0.717) is 4.47 Å². The zero-order valence-electron chi connectivity index (χ0n) is 15.8. The first-order valence-electron chi connectivity index (χ1n) is 8.43. The van der Waals surface area contributed by atoms with Crippen LogP contribution in [0.1, 0.15) is 32.4 Å². The number of hydrogen-bond acceptors (Lipinski definition) is 4. The van der Waals surface area contributed by atoms with Gasteiger partial charge in [-0.3, -0.25) is 0 Å². The van der Waals surface area contributed by atoms with Crippen molar-refractivity contribution in [2.45, 2.75) is 41.7 Å². The van der Waals surface area contributed by atoms with E-state index in [4.69, 9.17) is 4.74 Å². The van der Waals surface area contributed by atoms with Gasteiger partial charge >= 0.3 is 5.25 Å². The minimum Gasteiger partial charge on any atom is -0.456 e. The van der Waals surface area contributed by atoms with Crippen LogP contribution in [0.15, 0.2) is 44.2 Å². The molecule has 0 radical (unpaired) electrons. The van der Waals surface area contributed by atoms with Crippen LogP contribution < -0.4 is 9.46 Å². The van der Waals surface area contributed by atoms with Crippen LogP contribution in [0.4, 0.5) is 13.2 Å². The highest BCUT2D eigenvalue weighted by molar-refractivity contribution is 9.10. The standard InChI is InChI=1S/C18H16Br2F3NO4S2/c1-17(2,3)29(25)24-16-14-13(30(26,27)18(16,22)23)5-4-12(15(14)20)28-11-7-9(19)6-10(21)8-11/h4-8,16,24H,1-3H3/t16-,29-/m1/s1. The summed E-state index contributed by atoms with van der Waals surface area (Å²) in [6, 6.07) is 3.86. The molecular weight excluding hydrogens is 575 g/mol. The van der Waals surface area contributed by atoms with E-state index in [1.54, 1.807) is 20.8 Å².